The van der Waals surface area contributed by atoms with E-state index in [9.17, 15) is 0 Å². The van der Waals surface area contributed by atoms with E-state index in [-0.39, 0.29) is 0 Å². The van der Waals surface area contributed by atoms with Gasteiger partial charge in [-0.25, -0.2) is 0 Å². The fourth-order valence-electron chi connectivity index (χ4n) is 3.01. The van der Waals surface area contributed by atoms with Gasteiger partial charge in [-0.2, -0.15) is 4.98 Å². The largest absolute Gasteiger partial charge is 0.497 e. The second-order valence-electron chi connectivity index (χ2n) is 6.63. The lowest BCUT2D eigenvalue weighted by Crippen LogP contribution is -2.19. The smallest absolute Gasteiger partial charge is 0.258 e. The van der Waals surface area contributed by atoms with E-state index >= 15 is 0 Å². The molecule has 140 valence electrons. The molecule has 27 heavy (non-hydrogen) atoms. The number of rotatable bonds is 7. The molecule has 0 aliphatic heterocycles. The van der Waals surface area contributed by atoms with Crippen molar-refractivity contribution < 1.29 is 18.7 Å². The van der Waals surface area contributed by atoms with Gasteiger partial charge in [0, 0.05) is 11.1 Å². The topological polar surface area (TPSA) is 66.6 Å². The fraction of sp³-hybridized carbons (Fsp3) is 0.333. The molecule has 2 aromatic carbocycles. The summed E-state index contributed by atoms with van der Waals surface area (Å²) in [5, 5.41) is 4.10. The van der Waals surface area contributed by atoms with Crippen LogP contribution in [0.25, 0.3) is 22.8 Å². The molecule has 1 aliphatic carbocycles. The highest BCUT2D eigenvalue weighted by Gasteiger charge is 2.19. The van der Waals surface area contributed by atoms with Crippen molar-refractivity contribution in [3.63, 3.8) is 0 Å². The van der Waals surface area contributed by atoms with Crippen LogP contribution >= 0.6 is 0 Å². The molecular weight excluding hydrogens is 344 g/mol. The van der Waals surface area contributed by atoms with E-state index in [1.54, 1.807) is 14.2 Å². The molecule has 1 fully saturated rings. The molecule has 0 radical (unpaired) electrons. The monoisotopic (exact) mass is 366 g/mol. The van der Waals surface area contributed by atoms with Crippen molar-refractivity contribution in [1.29, 1.82) is 0 Å². The molecule has 0 N–H and O–H groups in total. The van der Waals surface area contributed by atoms with Crippen LogP contribution in [-0.4, -0.2) is 31.0 Å². The van der Waals surface area contributed by atoms with Gasteiger partial charge in [-0.15, -0.1) is 0 Å². The molecule has 1 heterocycles. The summed E-state index contributed by atoms with van der Waals surface area (Å²) in [6, 6.07) is 13.2. The standard InChI is InChI=1S/C21H22N2O4/c1-24-17-8-4-7-16(11-17)21-22-20(23-27-21)15-9-10-18(19(12-15)25-2)26-13-14-5-3-6-14/h4,7-12,14H,3,5-6,13H2,1-2H3. The third-order valence-electron chi connectivity index (χ3n) is 4.86. The third-order valence-corrected chi connectivity index (χ3v) is 4.86. The van der Waals surface area contributed by atoms with Crippen molar-refractivity contribution in [3.05, 3.63) is 42.5 Å². The maximum Gasteiger partial charge on any atom is 0.258 e. The SMILES string of the molecule is COc1cccc(-c2nc(-c3ccc(OCC4CCC4)c(OC)c3)no2)c1. The lowest BCUT2D eigenvalue weighted by atomic mass is 9.86. The van der Waals surface area contributed by atoms with E-state index in [1.165, 1.54) is 19.3 Å². The first-order valence-corrected chi connectivity index (χ1v) is 9.06. The van der Waals surface area contributed by atoms with E-state index in [1.807, 2.05) is 42.5 Å². The lowest BCUT2D eigenvalue weighted by Gasteiger charge is -2.25. The summed E-state index contributed by atoms with van der Waals surface area (Å²) >= 11 is 0. The van der Waals surface area contributed by atoms with Crippen LogP contribution in [0.5, 0.6) is 17.2 Å². The average molecular weight is 366 g/mol. The predicted octanol–water partition coefficient (Wildman–Crippen LogP) is 4.60. The Hall–Kier alpha value is -3.02. The molecule has 0 amide bonds. The number of hydrogen-bond donors (Lipinski definition) is 0. The number of hydrogen-bond acceptors (Lipinski definition) is 6. The Bertz CT molecular complexity index is 918. The summed E-state index contributed by atoms with van der Waals surface area (Å²) in [4.78, 5) is 4.50. The summed E-state index contributed by atoms with van der Waals surface area (Å²) in [7, 11) is 3.26. The van der Waals surface area contributed by atoms with Crippen LogP contribution in [0.4, 0.5) is 0 Å². The quantitative estimate of drug-likeness (QED) is 0.609. The summed E-state index contributed by atoms with van der Waals surface area (Å²) in [6.45, 7) is 0.734. The predicted molar refractivity (Wildman–Crippen MR) is 101 cm³/mol. The van der Waals surface area contributed by atoms with Gasteiger partial charge in [-0.1, -0.05) is 17.6 Å². The number of nitrogens with zero attached hydrogens (tertiary/aromatic N) is 2. The van der Waals surface area contributed by atoms with Crippen molar-refractivity contribution in [2.75, 3.05) is 20.8 Å². The normalized spacial score (nSPS) is 13.9. The van der Waals surface area contributed by atoms with Crippen molar-refractivity contribution in [2.24, 2.45) is 5.92 Å². The first-order chi connectivity index (χ1) is 13.3. The summed E-state index contributed by atoms with van der Waals surface area (Å²) in [6.07, 6.45) is 3.80. The molecule has 1 aliphatic rings. The maximum atomic E-state index is 5.92. The molecule has 0 bridgehead atoms. The van der Waals surface area contributed by atoms with Gasteiger partial charge in [-0.3, -0.25) is 0 Å². The van der Waals surface area contributed by atoms with Crippen LogP contribution in [-0.2, 0) is 0 Å². The van der Waals surface area contributed by atoms with Crippen molar-refractivity contribution in [3.8, 4) is 40.1 Å². The zero-order valence-electron chi connectivity index (χ0n) is 15.5. The van der Waals surface area contributed by atoms with Gasteiger partial charge in [0.2, 0.25) is 5.82 Å². The second-order valence-corrected chi connectivity index (χ2v) is 6.63. The minimum Gasteiger partial charge on any atom is -0.497 e. The van der Waals surface area contributed by atoms with Gasteiger partial charge in [0.15, 0.2) is 11.5 Å². The van der Waals surface area contributed by atoms with Crippen LogP contribution in [0.2, 0.25) is 0 Å². The average Bonchev–Trinajstić information content (AvgIpc) is 3.17. The van der Waals surface area contributed by atoms with Crippen molar-refractivity contribution in [1.82, 2.24) is 10.1 Å². The first kappa shape index (κ1) is 17.4. The first-order valence-electron chi connectivity index (χ1n) is 9.06. The van der Waals surface area contributed by atoms with Crippen LogP contribution in [0.3, 0.4) is 0 Å². The lowest BCUT2D eigenvalue weighted by molar-refractivity contribution is 0.176. The second kappa shape index (κ2) is 7.70. The van der Waals surface area contributed by atoms with Crippen molar-refractivity contribution in [2.45, 2.75) is 19.3 Å². The van der Waals surface area contributed by atoms with Gasteiger partial charge in [0.05, 0.1) is 20.8 Å². The van der Waals surface area contributed by atoms with E-state index < -0.39 is 0 Å². The van der Waals surface area contributed by atoms with E-state index in [0.29, 0.717) is 23.4 Å². The zero-order valence-corrected chi connectivity index (χ0v) is 15.5. The van der Waals surface area contributed by atoms with Crippen LogP contribution in [0.15, 0.2) is 47.0 Å². The van der Waals surface area contributed by atoms with Gasteiger partial charge in [0.25, 0.3) is 5.89 Å². The molecule has 0 saturated heterocycles. The molecule has 6 nitrogen and oxygen atoms in total. The Labute approximate surface area is 158 Å². The summed E-state index contributed by atoms with van der Waals surface area (Å²) in [5.41, 5.74) is 1.61. The molecule has 4 rings (SSSR count). The number of benzene rings is 2. The Morgan fingerprint density at radius 1 is 1.00 bits per heavy atom. The highest BCUT2D eigenvalue weighted by atomic mass is 16.5. The highest BCUT2D eigenvalue weighted by molar-refractivity contribution is 5.64. The Morgan fingerprint density at radius 3 is 2.63 bits per heavy atom. The molecule has 6 heteroatoms. The van der Waals surface area contributed by atoms with Crippen molar-refractivity contribution >= 4 is 0 Å². The third kappa shape index (κ3) is 3.74. The van der Waals surface area contributed by atoms with Gasteiger partial charge < -0.3 is 18.7 Å². The van der Waals surface area contributed by atoms with Crippen LogP contribution < -0.4 is 14.2 Å². The molecule has 1 aromatic heterocycles. The molecule has 1 saturated carbocycles. The summed E-state index contributed by atoms with van der Waals surface area (Å²) < 4.78 is 22.1. The molecule has 0 atom stereocenters. The van der Waals surface area contributed by atoms with Crippen LogP contribution in [0.1, 0.15) is 19.3 Å². The Balaban J connectivity index is 1.55. The number of methoxy groups -OCH3 is 2. The minimum absolute atomic E-state index is 0.438. The number of aromatic nitrogens is 2. The number of ether oxygens (including phenoxy) is 3. The molecule has 3 aromatic rings. The molecule has 0 unspecified atom stereocenters. The van der Waals surface area contributed by atoms with E-state index in [2.05, 4.69) is 10.1 Å². The summed E-state index contributed by atoms with van der Waals surface area (Å²) in [5.74, 6) is 3.74. The maximum absolute atomic E-state index is 5.92. The van der Waals surface area contributed by atoms with Gasteiger partial charge in [0.1, 0.15) is 5.75 Å². The van der Waals surface area contributed by atoms with Gasteiger partial charge in [-0.05, 0) is 55.2 Å². The highest BCUT2D eigenvalue weighted by Crippen LogP contribution is 2.34. The van der Waals surface area contributed by atoms with E-state index in [0.717, 1.165) is 29.2 Å². The Kier molecular flexibility index (Phi) is 4.96. The van der Waals surface area contributed by atoms with Gasteiger partial charge >= 0.3 is 0 Å². The fourth-order valence-corrected chi connectivity index (χ4v) is 3.01. The van der Waals surface area contributed by atoms with Crippen LogP contribution in [0, 0.1) is 5.92 Å². The molecular formula is C21H22N2O4. The Morgan fingerprint density at radius 2 is 1.89 bits per heavy atom. The zero-order chi connectivity index (χ0) is 18.6. The molecule has 0 spiro atoms. The minimum atomic E-state index is 0.438. The van der Waals surface area contributed by atoms with E-state index in [4.69, 9.17) is 18.7 Å².